The van der Waals surface area contributed by atoms with Gasteiger partial charge < -0.3 is 10.6 Å². The van der Waals surface area contributed by atoms with Crippen LogP contribution in [0.3, 0.4) is 0 Å². The Labute approximate surface area is 144 Å². The topological polar surface area (TPSA) is 66.9 Å². The largest absolute Gasteiger partial charge is 0.339 e. The number of nitrogens with zero attached hydrogens (tertiary/aromatic N) is 2. The molecule has 0 unspecified atom stereocenters. The van der Waals surface area contributed by atoms with Gasteiger partial charge >= 0.3 is 0 Å². The molecule has 0 aliphatic heterocycles. The molecule has 0 fully saturated rings. The van der Waals surface area contributed by atoms with E-state index in [9.17, 15) is 4.79 Å². The second-order valence-corrected chi connectivity index (χ2v) is 5.64. The van der Waals surface area contributed by atoms with Gasteiger partial charge in [-0.05, 0) is 55.0 Å². The van der Waals surface area contributed by atoms with Crippen LogP contribution >= 0.6 is 11.6 Å². The summed E-state index contributed by atoms with van der Waals surface area (Å²) in [6.45, 7) is 2.01. The van der Waals surface area contributed by atoms with Gasteiger partial charge in [-0.3, -0.25) is 4.79 Å². The maximum absolute atomic E-state index is 12.1. The van der Waals surface area contributed by atoms with Gasteiger partial charge in [0, 0.05) is 16.3 Å². The van der Waals surface area contributed by atoms with Gasteiger partial charge in [0.25, 0.3) is 5.91 Å². The highest BCUT2D eigenvalue weighted by Crippen LogP contribution is 2.18. The van der Waals surface area contributed by atoms with Gasteiger partial charge in [0.1, 0.15) is 0 Å². The summed E-state index contributed by atoms with van der Waals surface area (Å²) in [6, 6.07) is 18.0. The fraction of sp³-hybridized carbons (Fsp3) is 0.0556. The number of aromatic nitrogens is 2. The number of rotatable bonds is 4. The summed E-state index contributed by atoms with van der Waals surface area (Å²) in [5.41, 5.74) is 2.58. The zero-order chi connectivity index (χ0) is 16.9. The van der Waals surface area contributed by atoms with Gasteiger partial charge in [-0.1, -0.05) is 29.8 Å². The lowest BCUT2D eigenvalue weighted by Gasteiger charge is -2.08. The van der Waals surface area contributed by atoms with Crippen LogP contribution in [0.4, 0.5) is 17.3 Å². The maximum atomic E-state index is 12.1. The van der Waals surface area contributed by atoms with E-state index in [2.05, 4.69) is 20.8 Å². The molecule has 1 heterocycles. The predicted molar refractivity (Wildman–Crippen MR) is 95.9 cm³/mol. The Hall–Kier alpha value is -2.92. The normalized spacial score (nSPS) is 10.2. The quantitative estimate of drug-likeness (QED) is 0.738. The first-order chi connectivity index (χ1) is 11.6. The molecule has 0 saturated carbocycles. The lowest BCUT2D eigenvalue weighted by Crippen LogP contribution is -2.13. The molecule has 0 radical (unpaired) electrons. The molecule has 120 valence electrons. The highest BCUT2D eigenvalue weighted by molar-refractivity contribution is 6.30. The van der Waals surface area contributed by atoms with E-state index in [1.165, 1.54) is 0 Å². The summed E-state index contributed by atoms with van der Waals surface area (Å²) in [5, 5.41) is 14.6. The molecule has 0 saturated heterocycles. The van der Waals surface area contributed by atoms with E-state index in [1.807, 2.05) is 31.2 Å². The highest BCUT2D eigenvalue weighted by Gasteiger charge is 2.07. The Morgan fingerprint density at radius 3 is 2.25 bits per heavy atom. The zero-order valence-corrected chi connectivity index (χ0v) is 13.7. The highest BCUT2D eigenvalue weighted by atomic mass is 35.5. The van der Waals surface area contributed by atoms with Crippen molar-refractivity contribution in [1.82, 2.24) is 10.2 Å². The number of anilines is 3. The number of carbonyl (C=O) groups is 1. The number of benzene rings is 2. The first kappa shape index (κ1) is 16.0. The first-order valence-electron chi connectivity index (χ1n) is 7.35. The van der Waals surface area contributed by atoms with Crippen LogP contribution in [-0.2, 0) is 0 Å². The molecule has 0 spiro atoms. The van der Waals surface area contributed by atoms with Gasteiger partial charge in [0.2, 0.25) is 0 Å². The average molecular weight is 339 g/mol. The van der Waals surface area contributed by atoms with Gasteiger partial charge in [0.05, 0.1) is 0 Å². The molecule has 2 N–H and O–H groups in total. The summed E-state index contributed by atoms with van der Waals surface area (Å²) in [7, 11) is 0. The standard InChI is InChI=1S/C18H15ClN4O/c1-12-4-2-3-5-15(12)20-16-10-11-17(23-22-16)21-18(24)13-6-8-14(19)9-7-13/h2-11H,1H3,(H,20,22)(H,21,23,24). The van der Waals surface area contributed by atoms with Gasteiger partial charge in [-0.15, -0.1) is 10.2 Å². The van der Waals surface area contributed by atoms with Crippen molar-refractivity contribution in [3.63, 3.8) is 0 Å². The van der Waals surface area contributed by atoms with E-state index in [4.69, 9.17) is 11.6 Å². The summed E-state index contributed by atoms with van der Waals surface area (Å²) in [6.07, 6.45) is 0. The molecule has 1 aromatic heterocycles. The molecule has 0 aliphatic carbocycles. The van der Waals surface area contributed by atoms with Crippen molar-refractivity contribution in [2.45, 2.75) is 6.92 Å². The number of aryl methyl sites for hydroxylation is 1. The van der Waals surface area contributed by atoms with Gasteiger partial charge in [-0.2, -0.15) is 0 Å². The van der Waals surface area contributed by atoms with Crippen LogP contribution in [-0.4, -0.2) is 16.1 Å². The van der Waals surface area contributed by atoms with E-state index in [0.29, 0.717) is 22.2 Å². The Kier molecular flexibility index (Phi) is 4.72. The molecule has 0 atom stereocenters. The van der Waals surface area contributed by atoms with E-state index in [0.717, 1.165) is 11.3 Å². The molecule has 0 bridgehead atoms. The Morgan fingerprint density at radius 2 is 1.58 bits per heavy atom. The van der Waals surface area contributed by atoms with Crippen LogP contribution < -0.4 is 10.6 Å². The molecule has 5 nitrogen and oxygen atoms in total. The second kappa shape index (κ2) is 7.10. The minimum Gasteiger partial charge on any atom is -0.339 e. The minimum atomic E-state index is -0.263. The van der Waals surface area contributed by atoms with E-state index < -0.39 is 0 Å². The Morgan fingerprint density at radius 1 is 0.917 bits per heavy atom. The number of amides is 1. The number of halogens is 1. The molecule has 6 heteroatoms. The van der Waals surface area contributed by atoms with Crippen LogP contribution in [0.15, 0.2) is 60.7 Å². The second-order valence-electron chi connectivity index (χ2n) is 5.20. The summed E-state index contributed by atoms with van der Waals surface area (Å²) >= 11 is 5.81. The lowest BCUT2D eigenvalue weighted by molar-refractivity contribution is 0.102. The lowest BCUT2D eigenvalue weighted by atomic mass is 10.2. The smallest absolute Gasteiger partial charge is 0.256 e. The summed E-state index contributed by atoms with van der Waals surface area (Å²) in [4.78, 5) is 12.1. The SMILES string of the molecule is Cc1ccccc1Nc1ccc(NC(=O)c2ccc(Cl)cc2)nn1. The van der Waals surface area contributed by atoms with Crippen LogP contribution in [0, 0.1) is 6.92 Å². The molecular weight excluding hydrogens is 324 g/mol. The van der Waals surface area contributed by atoms with Crippen LogP contribution in [0.1, 0.15) is 15.9 Å². The molecule has 24 heavy (non-hydrogen) atoms. The molecule has 0 aliphatic rings. The average Bonchev–Trinajstić information content (AvgIpc) is 2.59. The number of carbonyl (C=O) groups excluding carboxylic acids is 1. The Balaban J connectivity index is 1.67. The predicted octanol–water partition coefficient (Wildman–Crippen LogP) is 4.43. The maximum Gasteiger partial charge on any atom is 0.256 e. The fourth-order valence-corrected chi connectivity index (χ4v) is 2.23. The third-order valence-electron chi connectivity index (χ3n) is 3.42. The first-order valence-corrected chi connectivity index (χ1v) is 7.73. The monoisotopic (exact) mass is 338 g/mol. The van der Waals surface area contributed by atoms with Crippen molar-refractivity contribution >= 4 is 34.8 Å². The van der Waals surface area contributed by atoms with E-state index in [1.54, 1.807) is 36.4 Å². The molecular formula is C18H15ClN4O. The number of para-hydroxylation sites is 1. The van der Waals surface area contributed by atoms with Crippen molar-refractivity contribution in [2.75, 3.05) is 10.6 Å². The third kappa shape index (κ3) is 3.88. The van der Waals surface area contributed by atoms with E-state index >= 15 is 0 Å². The van der Waals surface area contributed by atoms with Crippen molar-refractivity contribution < 1.29 is 4.79 Å². The van der Waals surface area contributed by atoms with E-state index in [-0.39, 0.29) is 5.91 Å². The van der Waals surface area contributed by atoms with Gasteiger partial charge in [0.15, 0.2) is 11.6 Å². The molecule has 1 amide bonds. The van der Waals surface area contributed by atoms with Crippen LogP contribution in [0.25, 0.3) is 0 Å². The minimum absolute atomic E-state index is 0.263. The van der Waals surface area contributed by atoms with Crippen molar-refractivity contribution in [3.8, 4) is 0 Å². The van der Waals surface area contributed by atoms with Crippen LogP contribution in [0.5, 0.6) is 0 Å². The van der Waals surface area contributed by atoms with Crippen LogP contribution in [0.2, 0.25) is 5.02 Å². The third-order valence-corrected chi connectivity index (χ3v) is 3.67. The fourth-order valence-electron chi connectivity index (χ4n) is 2.11. The number of nitrogens with one attached hydrogen (secondary N) is 2. The summed E-state index contributed by atoms with van der Waals surface area (Å²) in [5.74, 6) is 0.722. The molecule has 2 aromatic carbocycles. The van der Waals surface area contributed by atoms with Crippen molar-refractivity contribution in [2.24, 2.45) is 0 Å². The zero-order valence-electron chi connectivity index (χ0n) is 13.0. The number of hydrogen-bond acceptors (Lipinski definition) is 4. The van der Waals surface area contributed by atoms with Crippen molar-refractivity contribution in [1.29, 1.82) is 0 Å². The van der Waals surface area contributed by atoms with Crippen molar-refractivity contribution in [3.05, 3.63) is 76.8 Å². The van der Waals surface area contributed by atoms with Gasteiger partial charge in [-0.25, -0.2) is 0 Å². The molecule has 3 aromatic rings. The summed E-state index contributed by atoms with van der Waals surface area (Å²) < 4.78 is 0. The molecule has 3 rings (SSSR count). The number of hydrogen-bond donors (Lipinski definition) is 2. The Bertz CT molecular complexity index is 848.